The van der Waals surface area contributed by atoms with Crippen molar-refractivity contribution < 1.29 is 4.74 Å². The first-order valence-corrected chi connectivity index (χ1v) is 26.9. The van der Waals surface area contributed by atoms with E-state index in [0.717, 1.165) is 171 Å². The molecule has 80 heavy (non-hydrogen) atoms. The zero-order chi connectivity index (χ0) is 53.6. The van der Waals surface area contributed by atoms with E-state index in [1.807, 2.05) is 91.5 Å². The van der Waals surface area contributed by atoms with Crippen molar-refractivity contribution in [3.05, 3.63) is 259 Å². The van der Waals surface area contributed by atoms with Crippen molar-refractivity contribution in [2.75, 3.05) is 7.11 Å². The van der Waals surface area contributed by atoms with Crippen LogP contribution in [0.3, 0.4) is 0 Å². The third kappa shape index (κ3) is 10.6. The van der Waals surface area contributed by atoms with Crippen molar-refractivity contribution in [2.24, 2.45) is 0 Å². The van der Waals surface area contributed by atoms with Crippen LogP contribution in [0.2, 0.25) is 0 Å². The molecular formula is C69H52N10O. The van der Waals surface area contributed by atoms with Gasteiger partial charge in [0.15, 0.2) is 0 Å². The van der Waals surface area contributed by atoms with Gasteiger partial charge in [0, 0.05) is 96.3 Å². The fraction of sp³-hybridized carbons (Fsp3) is 0.101. The summed E-state index contributed by atoms with van der Waals surface area (Å²) in [6.45, 7) is 0. The molecule has 0 aliphatic rings. The molecule has 0 atom stereocenters. The van der Waals surface area contributed by atoms with E-state index in [0.29, 0.717) is 0 Å². The van der Waals surface area contributed by atoms with Crippen LogP contribution in [0.5, 0.6) is 5.75 Å². The van der Waals surface area contributed by atoms with E-state index in [-0.39, 0.29) is 0 Å². The van der Waals surface area contributed by atoms with Crippen molar-refractivity contribution in [1.29, 1.82) is 0 Å². The van der Waals surface area contributed by atoms with Crippen LogP contribution in [0.25, 0.3) is 98.3 Å². The van der Waals surface area contributed by atoms with Crippen LogP contribution >= 0.6 is 0 Å². The molecule has 0 radical (unpaired) electrons. The highest BCUT2D eigenvalue weighted by molar-refractivity contribution is 6.04. The predicted molar refractivity (Wildman–Crippen MR) is 323 cm³/mol. The molecule has 0 spiro atoms. The van der Waals surface area contributed by atoms with Crippen LogP contribution < -0.4 is 4.74 Å². The minimum atomic E-state index is 0.806. The van der Waals surface area contributed by atoms with E-state index in [9.17, 15) is 0 Å². The second kappa shape index (κ2) is 22.4. The molecule has 0 saturated carbocycles. The Bertz CT molecular complexity index is 4560. The number of methoxy groups -OCH3 is 1. The largest absolute Gasteiger partial charge is 0.494 e. The Morgan fingerprint density at radius 3 is 1.07 bits per heavy atom. The second-order valence-electron chi connectivity index (χ2n) is 19.7. The maximum Gasteiger partial charge on any atom is 0.145 e. The minimum absolute atomic E-state index is 0.806. The summed E-state index contributed by atoms with van der Waals surface area (Å²) in [5, 5.41) is 8.98. The number of nitrogens with zero attached hydrogens (tertiary/aromatic N) is 10. The summed E-state index contributed by atoms with van der Waals surface area (Å²) >= 11 is 0. The van der Waals surface area contributed by atoms with Gasteiger partial charge in [-0.05, 0) is 111 Å². The number of hydrogen-bond acceptors (Lipinski definition) is 11. The van der Waals surface area contributed by atoms with E-state index < -0.39 is 0 Å². The lowest BCUT2D eigenvalue weighted by atomic mass is 10.1. The first-order valence-electron chi connectivity index (χ1n) is 26.9. The molecule has 384 valence electrons. The molecule has 0 amide bonds. The summed E-state index contributed by atoms with van der Waals surface area (Å²) in [4.78, 5) is 47.0. The number of para-hydroxylation sites is 4. The first kappa shape index (κ1) is 49.3. The Balaban J connectivity index is 0.000000113. The average molecular weight is 1040 g/mol. The highest BCUT2D eigenvalue weighted by Gasteiger charge is 2.11. The summed E-state index contributed by atoms with van der Waals surface area (Å²) in [6.07, 6.45) is 12.4. The molecule has 9 heterocycles. The monoisotopic (exact) mass is 1040 g/mol. The molecule has 0 fully saturated rings. The third-order valence-corrected chi connectivity index (χ3v) is 14.5. The molecule has 11 nitrogen and oxygen atoms in total. The summed E-state index contributed by atoms with van der Waals surface area (Å²) < 4.78 is 5.45. The summed E-state index contributed by atoms with van der Waals surface area (Å²) in [6, 6.07) is 68.0. The fourth-order valence-electron chi connectivity index (χ4n) is 10.3. The number of aryl methyl sites for hydroxylation is 6. The van der Waals surface area contributed by atoms with Gasteiger partial charge >= 0.3 is 0 Å². The van der Waals surface area contributed by atoms with Gasteiger partial charge in [-0.15, -0.1) is 0 Å². The molecule has 0 aliphatic heterocycles. The van der Waals surface area contributed by atoms with Crippen LogP contribution in [0.15, 0.2) is 225 Å². The molecule has 0 bridgehead atoms. The van der Waals surface area contributed by atoms with Gasteiger partial charge in [0.05, 0.1) is 62.5 Å². The van der Waals surface area contributed by atoms with Gasteiger partial charge in [0.1, 0.15) is 11.3 Å². The van der Waals surface area contributed by atoms with Crippen molar-refractivity contribution in [2.45, 2.75) is 38.5 Å². The molecule has 15 aromatic rings. The third-order valence-electron chi connectivity index (χ3n) is 14.5. The lowest BCUT2D eigenvalue weighted by Gasteiger charge is -2.08. The molecule has 0 saturated heterocycles. The number of pyridine rings is 8. The number of benzene rings is 6. The molecule has 6 aromatic carbocycles. The quantitative estimate of drug-likeness (QED) is 0.121. The highest BCUT2D eigenvalue weighted by atomic mass is 16.5. The Hall–Kier alpha value is -10.3. The van der Waals surface area contributed by atoms with Gasteiger partial charge in [0.25, 0.3) is 0 Å². The van der Waals surface area contributed by atoms with Crippen LogP contribution in [0.1, 0.15) is 34.2 Å². The van der Waals surface area contributed by atoms with Gasteiger partial charge in [-0.3, -0.25) is 39.9 Å². The molecule has 0 N–H and O–H groups in total. The second-order valence-corrected chi connectivity index (χ2v) is 19.7. The molecule has 0 unspecified atom stereocenters. The first-order chi connectivity index (χ1) is 39.5. The standard InChI is InChI=1S/C24H19N3O.C23H17N3.C22H16N4/c1-28-21-6-2-4-16-9-11-19(26-22(16)21)13-14-20-12-10-18-8-7-17-5-3-15-25-23(17)24(18)27-20;1-2-6-21-16(4-1)9-11-19(25-21)13-14-20-12-10-18-8-7-17-5-3-15-24-22(17)23(18)26-20;1-2-6-20-19(5-1)24-14-18(25-20)12-11-17-10-9-16-8-7-15-4-3-13-23-21(15)22(16)26-17/h2-12,15H,13-14H2,1H3;1-12,15H,13-14H2;1-10,13-14H,11-12H2. The smallest absolute Gasteiger partial charge is 0.145 e. The Labute approximate surface area is 461 Å². The number of rotatable bonds is 10. The molecular weight excluding hydrogens is 985 g/mol. The van der Waals surface area contributed by atoms with Gasteiger partial charge in [-0.2, -0.15) is 0 Å². The average Bonchev–Trinajstić information content (AvgIpc) is 3.54. The van der Waals surface area contributed by atoms with Crippen LogP contribution in [0, 0.1) is 0 Å². The van der Waals surface area contributed by atoms with Crippen molar-refractivity contribution in [3.63, 3.8) is 0 Å². The van der Waals surface area contributed by atoms with E-state index in [4.69, 9.17) is 34.6 Å². The minimum Gasteiger partial charge on any atom is -0.494 e. The summed E-state index contributed by atoms with van der Waals surface area (Å²) in [5.74, 6) is 0.806. The molecule has 0 aliphatic carbocycles. The zero-order valence-electron chi connectivity index (χ0n) is 44.0. The van der Waals surface area contributed by atoms with Crippen molar-refractivity contribution in [1.82, 2.24) is 49.8 Å². The predicted octanol–water partition coefficient (Wildman–Crippen LogP) is 14.8. The van der Waals surface area contributed by atoms with Gasteiger partial charge in [-0.25, -0.2) is 9.97 Å². The number of ether oxygens (including phenoxy) is 1. The zero-order valence-corrected chi connectivity index (χ0v) is 44.0. The van der Waals surface area contributed by atoms with E-state index >= 15 is 0 Å². The summed E-state index contributed by atoms with van der Waals surface area (Å²) in [7, 11) is 1.68. The van der Waals surface area contributed by atoms with E-state index in [1.165, 1.54) is 5.39 Å². The summed E-state index contributed by atoms with van der Waals surface area (Å²) in [5.41, 5.74) is 15.9. The van der Waals surface area contributed by atoms with Crippen LogP contribution in [-0.2, 0) is 38.5 Å². The SMILES string of the molecule is COc1cccc2ccc(CCc3ccc4ccc5cccnc5c4n3)nc12.c1ccc2nc(CCc3ccc4ccc5cccnc5c4n3)ccc2c1.c1cnc2c(c1)ccc1ccc(CCc3cnc4ccccc4n3)nc12. The van der Waals surface area contributed by atoms with Gasteiger partial charge in [0.2, 0.25) is 0 Å². The Morgan fingerprint density at radius 1 is 0.250 bits per heavy atom. The number of hydrogen-bond donors (Lipinski definition) is 0. The van der Waals surface area contributed by atoms with Gasteiger partial charge in [-0.1, -0.05) is 127 Å². The molecule has 11 heteroatoms. The van der Waals surface area contributed by atoms with E-state index in [1.54, 1.807) is 7.11 Å². The molecule has 9 aromatic heterocycles. The van der Waals surface area contributed by atoms with E-state index in [2.05, 4.69) is 153 Å². The number of fused-ring (bicyclic) bond motifs is 12. The normalized spacial score (nSPS) is 11.4. The van der Waals surface area contributed by atoms with Gasteiger partial charge < -0.3 is 4.74 Å². The highest BCUT2D eigenvalue weighted by Crippen LogP contribution is 2.28. The van der Waals surface area contributed by atoms with Crippen molar-refractivity contribution in [3.8, 4) is 5.75 Å². The number of aromatic nitrogens is 10. The maximum absolute atomic E-state index is 5.45. The lowest BCUT2D eigenvalue weighted by molar-refractivity contribution is 0.419. The Morgan fingerprint density at radius 2 is 0.588 bits per heavy atom. The Kier molecular flexibility index (Phi) is 13.8. The van der Waals surface area contributed by atoms with Crippen LogP contribution in [0.4, 0.5) is 0 Å². The lowest BCUT2D eigenvalue weighted by Crippen LogP contribution is -1.99. The maximum atomic E-state index is 5.45. The molecule has 15 rings (SSSR count). The van der Waals surface area contributed by atoms with Crippen molar-refractivity contribution >= 4 is 98.3 Å². The topological polar surface area (TPSA) is 138 Å². The van der Waals surface area contributed by atoms with Crippen LogP contribution in [-0.4, -0.2) is 56.9 Å². The fourth-order valence-corrected chi connectivity index (χ4v) is 10.3.